The van der Waals surface area contributed by atoms with Gasteiger partial charge in [0.2, 0.25) is 5.82 Å². The topological polar surface area (TPSA) is 94.8 Å². The average Bonchev–Trinajstić information content (AvgIpc) is 3.06. The second-order valence-corrected chi connectivity index (χ2v) is 9.37. The van der Waals surface area contributed by atoms with Crippen molar-refractivity contribution in [3.05, 3.63) is 64.7 Å². The number of halogens is 2. The summed E-state index contributed by atoms with van der Waals surface area (Å²) in [7, 11) is -1.91. The number of sulfone groups is 1. The molecule has 1 heterocycles. The maximum Gasteiger partial charge on any atom is 0.270 e. The minimum atomic E-state index is -3.49. The van der Waals surface area contributed by atoms with Crippen molar-refractivity contribution in [3.8, 4) is 11.4 Å². The van der Waals surface area contributed by atoms with Crippen LogP contribution in [0.3, 0.4) is 0 Å². The number of aromatic nitrogens is 4. The molecule has 2 aromatic carbocycles. The van der Waals surface area contributed by atoms with Gasteiger partial charge in [-0.25, -0.2) is 17.2 Å². The number of tetrazole rings is 1. The maximum atomic E-state index is 13.7. The molecule has 30 heavy (non-hydrogen) atoms. The summed E-state index contributed by atoms with van der Waals surface area (Å²) in [6.45, 7) is 0.837. The molecule has 0 atom stereocenters. The van der Waals surface area contributed by atoms with Gasteiger partial charge < -0.3 is 0 Å². The van der Waals surface area contributed by atoms with Gasteiger partial charge in [0, 0.05) is 29.9 Å². The van der Waals surface area contributed by atoms with Gasteiger partial charge >= 0.3 is 0 Å². The molecule has 0 aliphatic rings. The second kappa shape index (κ2) is 8.02. The molecule has 0 radical (unpaired) electrons. The molecule has 10 heteroatoms. The van der Waals surface area contributed by atoms with E-state index in [2.05, 4.69) is 15.4 Å². The Morgan fingerprint density at radius 2 is 1.90 bits per heavy atom. The molecule has 0 fully saturated rings. The smallest absolute Gasteiger partial charge is 0.270 e. The predicted octanol–water partition coefficient (Wildman–Crippen LogP) is 2.81. The molecule has 7 nitrogen and oxygen atoms in total. The van der Waals surface area contributed by atoms with Gasteiger partial charge in [0.05, 0.1) is 7.05 Å². The molecule has 0 N–H and O–H groups in total. The van der Waals surface area contributed by atoms with Crippen molar-refractivity contribution in [1.82, 2.24) is 20.2 Å². The first-order valence-corrected chi connectivity index (χ1v) is 11.0. The van der Waals surface area contributed by atoms with E-state index in [0.717, 1.165) is 13.2 Å². The first-order chi connectivity index (χ1) is 13.9. The third-order valence-corrected chi connectivity index (χ3v) is 5.19. The number of benzene rings is 2. The fourth-order valence-electron chi connectivity index (χ4n) is 3.00. The summed E-state index contributed by atoms with van der Waals surface area (Å²) in [6.07, 6.45) is 1.28. The monoisotopic (exact) mass is 434 g/mol. The molecule has 1 aromatic heterocycles. The van der Waals surface area contributed by atoms with Crippen LogP contribution in [-0.2, 0) is 29.2 Å². The SMILES string of the molecule is Cn1nnc(-c2cc(C(=O)CS(C)(=O)=O)ccc2Cc2cccc(C(C)(F)F)c2)n1. The van der Waals surface area contributed by atoms with E-state index in [-0.39, 0.29) is 23.4 Å². The van der Waals surface area contributed by atoms with Gasteiger partial charge in [0.1, 0.15) is 5.75 Å². The highest BCUT2D eigenvalue weighted by Gasteiger charge is 2.24. The summed E-state index contributed by atoms with van der Waals surface area (Å²) in [5.74, 6) is -3.89. The molecular weight excluding hydrogens is 414 g/mol. The fourth-order valence-corrected chi connectivity index (χ4v) is 3.64. The lowest BCUT2D eigenvalue weighted by molar-refractivity contribution is 0.0174. The number of hydrogen-bond donors (Lipinski definition) is 0. The quantitative estimate of drug-likeness (QED) is 0.531. The highest BCUT2D eigenvalue weighted by molar-refractivity contribution is 7.91. The van der Waals surface area contributed by atoms with Gasteiger partial charge in [-0.2, -0.15) is 4.80 Å². The fraction of sp³-hybridized carbons (Fsp3) is 0.300. The van der Waals surface area contributed by atoms with E-state index in [1.165, 1.54) is 29.1 Å². The van der Waals surface area contributed by atoms with E-state index < -0.39 is 27.3 Å². The van der Waals surface area contributed by atoms with Gasteiger partial charge in [-0.15, -0.1) is 10.2 Å². The number of rotatable bonds is 7. The molecular formula is C20H20F2N4O3S. The Labute approximate surface area is 172 Å². The summed E-state index contributed by atoms with van der Waals surface area (Å²) in [6, 6.07) is 10.8. The van der Waals surface area contributed by atoms with Crippen LogP contribution in [0.5, 0.6) is 0 Å². The van der Waals surface area contributed by atoms with Crippen LogP contribution in [0.1, 0.15) is 34.0 Å². The van der Waals surface area contributed by atoms with Crippen LogP contribution in [0.25, 0.3) is 11.4 Å². The first kappa shape index (κ1) is 21.7. The van der Waals surface area contributed by atoms with E-state index in [9.17, 15) is 22.0 Å². The summed E-state index contributed by atoms with van der Waals surface area (Å²) in [5.41, 5.74) is 1.92. The molecule has 0 unspecified atom stereocenters. The molecule has 3 rings (SSSR count). The molecule has 0 aliphatic carbocycles. The lowest BCUT2D eigenvalue weighted by atomic mass is 9.95. The van der Waals surface area contributed by atoms with Gasteiger partial charge in [0.25, 0.3) is 5.92 Å². The lowest BCUT2D eigenvalue weighted by Crippen LogP contribution is -2.15. The molecule has 158 valence electrons. The number of alkyl halides is 2. The zero-order valence-electron chi connectivity index (χ0n) is 16.6. The molecule has 0 saturated carbocycles. The molecule has 0 aliphatic heterocycles. The number of ketones is 1. The van der Waals surface area contributed by atoms with Crippen LogP contribution >= 0.6 is 0 Å². The van der Waals surface area contributed by atoms with Gasteiger partial charge in [0.15, 0.2) is 15.6 Å². The second-order valence-electron chi connectivity index (χ2n) is 7.23. The summed E-state index contributed by atoms with van der Waals surface area (Å²) in [4.78, 5) is 13.6. The number of Topliss-reactive ketones (excluding diaryl/α,β-unsaturated/α-hetero) is 1. The van der Waals surface area contributed by atoms with Crippen molar-refractivity contribution in [2.24, 2.45) is 7.05 Å². The highest BCUT2D eigenvalue weighted by Crippen LogP contribution is 2.29. The largest absolute Gasteiger partial charge is 0.293 e. The molecule has 0 amide bonds. The van der Waals surface area contributed by atoms with Gasteiger partial charge in [-0.05, 0) is 34.9 Å². The number of hydrogen-bond acceptors (Lipinski definition) is 6. The Kier molecular flexibility index (Phi) is 5.80. The normalized spacial score (nSPS) is 12.2. The Hall–Kier alpha value is -3.01. The zero-order chi connectivity index (χ0) is 22.1. The number of nitrogens with zero attached hydrogens (tertiary/aromatic N) is 4. The maximum absolute atomic E-state index is 13.7. The van der Waals surface area contributed by atoms with Crippen molar-refractivity contribution >= 4 is 15.6 Å². The third-order valence-electron chi connectivity index (χ3n) is 4.40. The van der Waals surface area contributed by atoms with Crippen molar-refractivity contribution in [3.63, 3.8) is 0 Å². The van der Waals surface area contributed by atoms with Crippen molar-refractivity contribution in [2.75, 3.05) is 12.0 Å². The molecule has 0 spiro atoms. The van der Waals surface area contributed by atoms with Crippen LogP contribution < -0.4 is 0 Å². The average molecular weight is 434 g/mol. The number of carbonyl (C=O) groups is 1. The molecule has 0 saturated heterocycles. The number of aryl methyl sites for hydroxylation is 1. The summed E-state index contributed by atoms with van der Waals surface area (Å²) < 4.78 is 50.3. The predicted molar refractivity (Wildman–Crippen MR) is 107 cm³/mol. The standard InChI is InChI=1S/C20H20F2N4O3S/c1-20(21,22)16-6-4-5-13(10-16)9-14-7-8-15(18(27)12-30(3,28)29)11-17(14)19-23-25-26(2)24-19/h4-8,10-11H,9,12H2,1-3H3. The lowest BCUT2D eigenvalue weighted by Gasteiger charge is -2.13. The Morgan fingerprint density at radius 3 is 2.50 bits per heavy atom. The molecule has 3 aromatic rings. The Bertz CT molecular complexity index is 1200. The van der Waals surface area contributed by atoms with E-state index in [0.29, 0.717) is 16.7 Å². The van der Waals surface area contributed by atoms with E-state index in [1.54, 1.807) is 25.2 Å². The van der Waals surface area contributed by atoms with Crippen LogP contribution in [0.4, 0.5) is 8.78 Å². The Balaban J connectivity index is 2.03. The third kappa shape index (κ3) is 5.32. The van der Waals surface area contributed by atoms with E-state index >= 15 is 0 Å². The summed E-state index contributed by atoms with van der Waals surface area (Å²) >= 11 is 0. The number of carbonyl (C=O) groups excluding carboxylic acids is 1. The van der Waals surface area contributed by atoms with Crippen molar-refractivity contribution < 1.29 is 22.0 Å². The van der Waals surface area contributed by atoms with Gasteiger partial charge in [-0.3, -0.25) is 4.79 Å². The van der Waals surface area contributed by atoms with E-state index in [1.807, 2.05) is 0 Å². The Morgan fingerprint density at radius 1 is 1.17 bits per heavy atom. The van der Waals surface area contributed by atoms with Crippen LogP contribution in [0.15, 0.2) is 42.5 Å². The highest BCUT2D eigenvalue weighted by atomic mass is 32.2. The van der Waals surface area contributed by atoms with Crippen molar-refractivity contribution in [1.29, 1.82) is 0 Å². The molecule has 0 bridgehead atoms. The van der Waals surface area contributed by atoms with Crippen LogP contribution in [-0.4, -0.2) is 46.4 Å². The zero-order valence-corrected chi connectivity index (χ0v) is 17.4. The first-order valence-electron chi connectivity index (χ1n) is 8.98. The minimum Gasteiger partial charge on any atom is -0.293 e. The minimum absolute atomic E-state index is 0.0980. The van der Waals surface area contributed by atoms with E-state index in [4.69, 9.17) is 0 Å². The van der Waals surface area contributed by atoms with Crippen LogP contribution in [0.2, 0.25) is 0 Å². The summed E-state index contributed by atoms with van der Waals surface area (Å²) in [5, 5.41) is 11.9. The van der Waals surface area contributed by atoms with Crippen LogP contribution in [0, 0.1) is 0 Å². The van der Waals surface area contributed by atoms with Gasteiger partial charge in [-0.1, -0.05) is 30.3 Å². The van der Waals surface area contributed by atoms with Crippen molar-refractivity contribution in [2.45, 2.75) is 19.3 Å².